The molecule has 3 aromatic heterocycles. The van der Waals surface area contributed by atoms with E-state index in [9.17, 15) is 0 Å². The van der Waals surface area contributed by atoms with Gasteiger partial charge < -0.3 is 15.1 Å². The van der Waals surface area contributed by atoms with E-state index in [1.807, 2.05) is 24.5 Å². The van der Waals surface area contributed by atoms with Crippen molar-refractivity contribution in [1.29, 1.82) is 0 Å². The molecule has 1 N–H and O–H groups in total. The average molecular weight is 473 g/mol. The van der Waals surface area contributed by atoms with E-state index in [0.29, 0.717) is 5.95 Å². The summed E-state index contributed by atoms with van der Waals surface area (Å²) in [4.78, 5) is 25.9. The molecular formula is C27H36N8. The Morgan fingerprint density at radius 2 is 1.69 bits per heavy atom. The molecular weight excluding hydrogens is 436 g/mol. The van der Waals surface area contributed by atoms with Gasteiger partial charge in [-0.05, 0) is 62.1 Å². The van der Waals surface area contributed by atoms with E-state index in [4.69, 9.17) is 9.97 Å². The van der Waals surface area contributed by atoms with Crippen molar-refractivity contribution < 1.29 is 0 Å². The van der Waals surface area contributed by atoms with Gasteiger partial charge in [0.05, 0.1) is 11.4 Å². The fourth-order valence-electron chi connectivity index (χ4n) is 4.85. The smallest absolute Gasteiger partial charge is 0.227 e. The third kappa shape index (κ3) is 6.32. The average Bonchev–Trinajstić information content (AvgIpc) is 2.88. The largest absolute Gasteiger partial charge is 0.360 e. The Kier molecular flexibility index (Phi) is 7.49. The van der Waals surface area contributed by atoms with Crippen LogP contribution in [0.2, 0.25) is 0 Å². The van der Waals surface area contributed by atoms with Crippen molar-refractivity contribution in [1.82, 2.24) is 29.7 Å². The SMILES string of the molecule is CC1CCCN(C)c2ccc(cn2)-c2ccnc(n2)Nc2ccnc(c2)CN2CCN(CC1)CC2. The Bertz CT molecular complexity index is 1090. The highest BCUT2D eigenvalue weighted by Crippen LogP contribution is 2.22. The molecule has 1 atom stereocenters. The molecule has 1 unspecified atom stereocenters. The number of piperazine rings is 1. The summed E-state index contributed by atoms with van der Waals surface area (Å²) in [6.07, 6.45) is 9.25. The van der Waals surface area contributed by atoms with Gasteiger partial charge in [-0.15, -0.1) is 0 Å². The Morgan fingerprint density at radius 3 is 2.51 bits per heavy atom. The van der Waals surface area contributed by atoms with Crippen LogP contribution in [-0.2, 0) is 6.54 Å². The van der Waals surface area contributed by atoms with Crippen molar-refractivity contribution in [3.8, 4) is 11.3 Å². The summed E-state index contributed by atoms with van der Waals surface area (Å²) in [6.45, 7) is 9.93. The molecule has 8 rings (SSSR count). The molecule has 0 saturated carbocycles. The van der Waals surface area contributed by atoms with E-state index in [1.54, 1.807) is 6.20 Å². The van der Waals surface area contributed by atoms with Gasteiger partial charge in [-0.1, -0.05) is 6.92 Å². The van der Waals surface area contributed by atoms with Crippen molar-refractivity contribution in [2.24, 2.45) is 5.92 Å². The minimum absolute atomic E-state index is 0.571. The van der Waals surface area contributed by atoms with Gasteiger partial charge in [-0.25, -0.2) is 15.0 Å². The highest BCUT2D eigenvalue weighted by molar-refractivity contribution is 5.62. The number of hydrogen-bond acceptors (Lipinski definition) is 8. The first-order chi connectivity index (χ1) is 17.1. The molecule has 8 heteroatoms. The number of pyridine rings is 2. The zero-order chi connectivity index (χ0) is 24.0. The monoisotopic (exact) mass is 472 g/mol. The van der Waals surface area contributed by atoms with Crippen LogP contribution in [0.5, 0.6) is 0 Å². The van der Waals surface area contributed by atoms with E-state index in [-0.39, 0.29) is 0 Å². The molecule has 1 fully saturated rings. The van der Waals surface area contributed by atoms with Crippen LogP contribution < -0.4 is 10.2 Å². The predicted octanol–water partition coefficient (Wildman–Crippen LogP) is 4.05. The molecule has 8 nitrogen and oxygen atoms in total. The molecule has 0 spiro atoms. The van der Waals surface area contributed by atoms with Crippen molar-refractivity contribution in [2.45, 2.75) is 32.7 Å². The standard InChI is InChI=1S/C27H36N8/c1-21-4-3-12-33(2)26-6-5-22(19-30-26)25-8-11-29-27(32-25)31-23-7-10-28-24(18-23)20-35-16-14-34(13-9-21)15-17-35/h5-8,10-11,18-19,21H,3-4,9,12-17,20H2,1-2H3,(H,29,31,32). The third-order valence-corrected chi connectivity index (χ3v) is 7.14. The molecule has 35 heavy (non-hydrogen) atoms. The highest BCUT2D eigenvalue weighted by atomic mass is 15.3. The number of nitrogens with zero attached hydrogens (tertiary/aromatic N) is 7. The number of rotatable bonds is 0. The second kappa shape index (κ2) is 11.1. The Hall–Kier alpha value is -3.10. The van der Waals surface area contributed by atoms with Crippen LogP contribution in [0, 0.1) is 5.92 Å². The lowest BCUT2D eigenvalue weighted by molar-refractivity contribution is 0.121. The summed E-state index contributed by atoms with van der Waals surface area (Å²) in [5, 5.41) is 3.36. The number of hydrogen-bond donors (Lipinski definition) is 1. The van der Waals surface area contributed by atoms with Crippen LogP contribution in [0.3, 0.4) is 0 Å². The van der Waals surface area contributed by atoms with Crippen LogP contribution in [-0.4, -0.2) is 76.1 Å². The van der Waals surface area contributed by atoms with Gasteiger partial charge in [-0.2, -0.15) is 0 Å². The van der Waals surface area contributed by atoms with Crippen LogP contribution in [0.1, 0.15) is 31.9 Å². The van der Waals surface area contributed by atoms with Crippen molar-refractivity contribution >= 4 is 17.5 Å². The molecule has 184 valence electrons. The lowest BCUT2D eigenvalue weighted by Gasteiger charge is -2.35. The highest BCUT2D eigenvalue weighted by Gasteiger charge is 2.18. The molecule has 8 bridgehead atoms. The zero-order valence-corrected chi connectivity index (χ0v) is 20.9. The lowest BCUT2D eigenvalue weighted by atomic mass is 10.0. The lowest BCUT2D eigenvalue weighted by Crippen LogP contribution is -2.46. The summed E-state index contributed by atoms with van der Waals surface area (Å²) < 4.78 is 0. The summed E-state index contributed by atoms with van der Waals surface area (Å²) in [5.74, 6) is 2.31. The number of anilines is 3. The maximum absolute atomic E-state index is 4.73. The Morgan fingerprint density at radius 1 is 0.857 bits per heavy atom. The molecule has 0 aliphatic carbocycles. The van der Waals surface area contributed by atoms with Crippen molar-refractivity contribution in [2.75, 3.05) is 56.5 Å². The second-order valence-electron chi connectivity index (χ2n) is 9.91. The van der Waals surface area contributed by atoms with Gasteiger partial charge in [0.25, 0.3) is 0 Å². The zero-order valence-electron chi connectivity index (χ0n) is 20.9. The Labute approximate surface area is 208 Å². The first-order valence-corrected chi connectivity index (χ1v) is 12.8. The van der Waals surface area contributed by atoms with Gasteiger partial charge in [0.1, 0.15) is 5.82 Å². The van der Waals surface area contributed by atoms with E-state index >= 15 is 0 Å². The Balaban J connectivity index is 1.37. The molecule has 8 heterocycles. The van der Waals surface area contributed by atoms with Gasteiger partial charge in [0.2, 0.25) is 5.95 Å². The second-order valence-corrected chi connectivity index (χ2v) is 9.91. The number of nitrogens with one attached hydrogen (secondary N) is 1. The summed E-state index contributed by atoms with van der Waals surface area (Å²) in [6, 6.07) is 10.2. The maximum Gasteiger partial charge on any atom is 0.227 e. The number of aromatic nitrogens is 4. The van der Waals surface area contributed by atoms with Crippen LogP contribution in [0.4, 0.5) is 17.5 Å². The fourth-order valence-corrected chi connectivity index (χ4v) is 4.85. The van der Waals surface area contributed by atoms with Gasteiger partial charge in [0, 0.05) is 76.2 Å². The minimum atomic E-state index is 0.571. The van der Waals surface area contributed by atoms with E-state index in [0.717, 1.165) is 73.6 Å². The van der Waals surface area contributed by atoms with E-state index in [1.165, 1.54) is 25.8 Å². The first-order valence-electron chi connectivity index (χ1n) is 12.8. The van der Waals surface area contributed by atoms with Crippen LogP contribution in [0.15, 0.2) is 48.9 Å². The van der Waals surface area contributed by atoms with Gasteiger partial charge in [-0.3, -0.25) is 9.88 Å². The normalized spacial score (nSPS) is 23.6. The van der Waals surface area contributed by atoms with Crippen LogP contribution >= 0.6 is 0 Å². The topological polar surface area (TPSA) is 73.3 Å². The van der Waals surface area contributed by atoms with Gasteiger partial charge in [0.15, 0.2) is 0 Å². The molecule has 3 aromatic rings. The molecule has 5 aliphatic rings. The summed E-state index contributed by atoms with van der Waals surface area (Å²) in [7, 11) is 2.13. The molecule has 5 aliphatic heterocycles. The van der Waals surface area contributed by atoms with Crippen molar-refractivity contribution in [3.63, 3.8) is 0 Å². The molecule has 0 amide bonds. The third-order valence-electron chi connectivity index (χ3n) is 7.14. The van der Waals surface area contributed by atoms with E-state index in [2.05, 4.69) is 62.2 Å². The van der Waals surface area contributed by atoms with Crippen LogP contribution in [0.25, 0.3) is 11.3 Å². The van der Waals surface area contributed by atoms with Gasteiger partial charge >= 0.3 is 0 Å². The quantitative estimate of drug-likeness (QED) is 0.525. The molecule has 1 saturated heterocycles. The molecule has 0 aromatic carbocycles. The van der Waals surface area contributed by atoms with Crippen molar-refractivity contribution in [3.05, 3.63) is 54.6 Å². The van der Waals surface area contributed by atoms with E-state index < -0.39 is 0 Å². The predicted molar refractivity (Wildman–Crippen MR) is 141 cm³/mol. The molecule has 0 radical (unpaired) electrons. The maximum atomic E-state index is 4.73. The summed E-state index contributed by atoms with van der Waals surface area (Å²) in [5.41, 5.74) is 3.85. The first kappa shape index (κ1) is 23.6. The fraction of sp³-hybridized carbons (Fsp3) is 0.481. The summed E-state index contributed by atoms with van der Waals surface area (Å²) >= 11 is 0. The minimum Gasteiger partial charge on any atom is -0.360 e.